The Balaban J connectivity index is 2.05. The second-order valence-corrected chi connectivity index (χ2v) is 4.55. The first-order valence-corrected chi connectivity index (χ1v) is 6.21. The molecule has 1 aromatic carbocycles. The number of anilines is 1. The molecular formula is C13H18FN3O. The average Bonchev–Trinajstić information content (AvgIpc) is 2.42. The van der Waals surface area contributed by atoms with Crippen LogP contribution in [-0.2, 0) is 11.3 Å². The normalized spacial score (nSPS) is 19.6. The molecule has 1 aliphatic heterocycles. The van der Waals surface area contributed by atoms with Crippen molar-refractivity contribution >= 4 is 11.6 Å². The Morgan fingerprint density at radius 3 is 3.06 bits per heavy atom. The molecule has 1 unspecified atom stereocenters. The Morgan fingerprint density at radius 1 is 1.56 bits per heavy atom. The molecular weight excluding hydrogens is 233 g/mol. The lowest BCUT2D eigenvalue weighted by atomic mass is 9.98. The number of nitrogens with two attached hydrogens (primary N) is 1. The van der Waals surface area contributed by atoms with Crippen molar-refractivity contribution in [1.82, 2.24) is 5.32 Å². The van der Waals surface area contributed by atoms with Gasteiger partial charge in [-0.15, -0.1) is 0 Å². The van der Waals surface area contributed by atoms with Crippen molar-refractivity contribution in [3.05, 3.63) is 29.6 Å². The third kappa shape index (κ3) is 3.05. The summed E-state index contributed by atoms with van der Waals surface area (Å²) in [7, 11) is 0. The van der Waals surface area contributed by atoms with Crippen molar-refractivity contribution < 1.29 is 9.18 Å². The number of halogens is 1. The molecule has 1 aromatic rings. The summed E-state index contributed by atoms with van der Waals surface area (Å²) < 4.78 is 13.6. The molecule has 1 heterocycles. The smallest absolute Gasteiger partial charge is 0.228 e. The molecule has 18 heavy (non-hydrogen) atoms. The first-order chi connectivity index (χ1) is 8.70. The monoisotopic (exact) mass is 251 g/mol. The minimum atomic E-state index is -0.427. The topological polar surface area (TPSA) is 67.1 Å². The van der Waals surface area contributed by atoms with Gasteiger partial charge in [0, 0.05) is 13.1 Å². The van der Waals surface area contributed by atoms with Crippen molar-refractivity contribution in [3.8, 4) is 0 Å². The maximum absolute atomic E-state index is 13.6. The highest BCUT2D eigenvalue weighted by atomic mass is 19.1. The first-order valence-electron chi connectivity index (χ1n) is 6.21. The predicted octanol–water partition coefficient (Wildman–Crippen LogP) is 1.22. The van der Waals surface area contributed by atoms with Crippen molar-refractivity contribution in [2.24, 2.45) is 11.7 Å². The zero-order chi connectivity index (χ0) is 13.0. The van der Waals surface area contributed by atoms with Crippen molar-refractivity contribution in [2.45, 2.75) is 19.4 Å². The molecule has 1 fully saturated rings. The maximum Gasteiger partial charge on any atom is 0.228 e. The summed E-state index contributed by atoms with van der Waals surface area (Å²) in [4.78, 5) is 12.0. The highest BCUT2D eigenvalue weighted by Gasteiger charge is 2.21. The fraction of sp³-hybridized carbons (Fsp3) is 0.462. The quantitative estimate of drug-likeness (QED) is 0.756. The SMILES string of the molecule is NCc1ccc(F)c(NC(=O)C2CCCNC2)c1. The highest BCUT2D eigenvalue weighted by molar-refractivity contribution is 5.93. The minimum Gasteiger partial charge on any atom is -0.326 e. The molecule has 1 saturated heterocycles. The van der Waals surface area contributed by atoms with Gasteiger partial charge >= 0.3 is 0 Å². The number of nitrogens with one attached hydrogen (secondary N) is 2. The van der Waals surface area contributed by atoms with Crippen LogP contribution in [0.2, 0.25) is 0 Å². The third-order valence-corrected chi connectivity index (χ3v) is 3.19. The van der Waals surface area contributed by atoms with Crippen molar-refractivity contribution in [2.75, 3.05) is 18.4 Å². The van der Waals surface area contributed by atoms with Gasteiger partial charge in [0.2, 0.25) is 5.91 Å². The minimum absolute atomic E-state index is 0.0836. The van der Waals surface area contributed by atoms with E-state index in [1.807, 2.05) is 0 Å². The van der Waals surface area contributed by atoms with E-state index in [0.29, 0.717) is 13.1 Å². The number of hydrogen-bond acceptors (Lipinski definition) is 3. The summed E-state index contributed by atoms with van der Waals surface area (Å²) in [6.45, 7) is 1.93. The number of benzene rings is 1. The Hall–Kier alpha value is -1.46. The number of carbonyl (C=O) groups excluding carboxylic acids is 1. The second kappa shape index (κ2) is 5.93. The van der Waals surface area contributed by atoms with Gasteiger partial charge in [0.05, 0.1) is 11.6 Å². The lowest BCUT2D eigenvalue weighted by Crippen LogP contribution is -2.37. The number of rotatable bonds is 3. The third-order valence-electron chi connectivity index (χ3n) is 3.19. The Bertz CT molecular complexity index is 430. The lowest BCUT2D eigenvalue weighted by molar-refractivity contribution is -0.120. The van der Waals surface area contributed by atoms with Crippen LogP contribution in [0.5, 0.6) is 0 Å². The Morgan fingerprint density at radius 2 is 2.39 bits per heavy atom. The van der Waals surface area contributed by atoms with E-state index >= 15 is 0 Å². The van der Waals surface area contributed by atoms with Crippen LogP contribution >= 0.6 is 0 Å². The van der Waals surface area contributed by atoms with Gasteiger partial charge in [-0.25, -0.2) is 4.39 Å². The first kappa shape index (κ1) is 13.0. The van der Waals surface area contributed by atoms with Crippen LogP contribution in [0, 0.1) is 11.7 Å². The van der Waals surface area contributed by atoms with E-state index in [1.165, 1.54) is 6.07 Å². The van der Waals surface area contributed by atoms with Gasteiger partial charge in [-0.3, -0.25) is 4.79 Å². The number of piperidine rings is 1. The van der Waals surface area contributed by atoms with E-state index < -0.39 is 5.82 Å². The molecule has 2 rings (SSSR count). The molecule has 1 aliphatic rings. The van der Waals surface area contributed by atoms with Crippen LogP contribution in [0.3, 0.4) is 0 Å². The van der Waals surface area contributed by atoms with Crippen molar-refractivity contribution in [3.63, 3.8) is 0 Å². The van der Waals surface area contributed by atoms with E-state index in [-0.39, 0.29) is 17.5 Å². The van der Waals surface area contributed by atoms with Gasteiger partial charge < -0.3 is 16.4 Å². The number of carbonyl (C=O) groups is 1. The van der Waals surface area contributed by atoms with E-state index in [0.717, 1.165) is 24.9 Å². The summed E-state index contributed by atoms with van der Waals surface area (Å²) in [6.07, 6.45) is 1.82. The predicted molar refractivity (Wildman–Crippen MR) is 68.5 cm³/mol. The molecule has 0 bridgehead atoms. The molecule has 98 valence electrons. The molecule has 1 amide bonds. The molecule has 0 radical (unpaired) electrons. The van der Waals surface area contributed by atoms with Crippen LogP contribution in [-0.4, -0.2) is 19.0 Å². The number of amides is 1. The van der Waals surface area contributed by atoms with Gasteiger partial charge in [0.15, 0.2) is 0 Å². The van der Waals surface area contributed by atoms with Gasteiger partial charge in [0.25, 0.3) is 0 Å². The molecule has 0 saturated carbocycles. The molecule has 4 N–H and O–H groups in total. The van der Waals surface area contributed by atoms with Crippen LogP contribution in [0.25, 0.3) is 0 Å². The van der Waals surface area contributed by atoms with Crippen LogP contribution in [0.1, 0.15) is 18.4 Å². The van der Waals surface area contributed by atoms with Gasteiger partial charge in [0.1, 0.15) is 5.82 Å². The van der Waals surface area contributed by atoms with Crippen molar-refractivity contribution in [1.29, 1.82) is 0 Å². The largest absolute Gasteiger partial charge is 0.326 e. The summed E-state index contributed by atoms with van der Waals surface area (Å²) >= 11 is 0. The second-order valence-electron chi connectivity index (χ2n) is 4.55. The molecule has 0 aromatic heterocycles. The van der Waals surface area contributed by atoms with E-state index in [2.05, 4.69) is 10.6 Å². The number of hydrogen-bond donors (Lipinski definition) is 3. The molecule has 4 nitrogen and oxygen atoms in total. The Kier molecular flexibility index (Phi) is 4.28. The van der Waals surface area contributed by atoms with Gasteiger partial charge in [-0.2, -0.15) is 0 Å². The summed E-state index contributed by atoms with van der Waals surface area (Å²) in [6, 6.07) is 4.54. The van der Waals surface area contributed by atoms with Crippen LogP contribution in [0.15, 0.2) is 18.2 Å². The fourth-order valence-electron chi connectivity index (χ4n) is 2.11. The van der Waals surface area contributed by atoms with Crippen LogP contribution in [0.4, 0.5) is 10.1 Å². The Labute approximate surface area is 106 Å². The maximum atomic E-state index is 13.6. The lowest BCUT2D eigenvalue weighted by Gasteiger charge is -2.22. The zero-order valence-corrected chi connectivity index (χ0v) is 10.2. The van der Waals surface area contributed by atoms with Gasteiger partial charge in [-0.1, -0.05) is 6.07 Å². The molecule has 5 heteroatoms. The van der Waals surface area contributed by atoms with Crippen LogP contribution < -0.4 is 16.4 Å². The summed E-state index contributed by atoms with van der Waals surface area (Å²) in [5.41, 5.74) is 6.51. The van der Waals surface area contributed by atoms with E-state index in [9.17, 15) is 9.18 Å². The summed E-state index contributed by atoms with van der Waals surface area (Å²) in [5.74, 6) is -0.640. The molecule has 1 atom stereocenters. The van der Waals surface area contributed by atoms with E-state index in [1.54, 1.807) is 12.1 Å². The molecule has 0 aliphatic carbocycles. The average molecular weight is 251 g/mol. The summed E-state index contributed by atoms with van der Waals surface area (Å²) in [5, 5.41) is 5.81. The highest BCUT2D eigenvalue weighted by Crippen LogP contribution is 2.18. The fourth-order valence-corrected chi connectivity index (χ4v) is 2.11. The molecule has 0 spiro atoms. The van der Waals surface area contributed by atoms with Gasteiger partial charge in [-0.05, 0) is 37.1 Å². The van der Waals surface area contributed by atoms with E-state index in [4.69, 9.17) is 5.73 Å². The standard InChI is InChI=1S/C13H18FN3O/c14-11-4-3-9(7-15)6-12(11)17-13(18)10-2-1-5-16-8-10/h3-4,6,10,16H,1-2,5,7-8,15H2,(H,17,18). The zero-order valence-electron chi connectivity index (χ0n) is 10.2.